The molecule has 210 valence electrons. The number of ether oxygens (including phenoxy) is 1. The van der Waals surface area contributed by atoms with Crippen molar-refractivity contribution in [3.8, 4) is 0 Å². The molecular formula is C29H43FN4O4. The highest BCUT2D eigenvalue weighted by atomic mass is 19.1. The number of benzene rings is 1. The van der Waals surface area contributed by atoms with Gasteiger partial charge in [0, 0.05) is 18.5 Å². The monoisotopic (exact) mass is 530 g/mol. The zero-order valence-electron chi connectivity index (χ0n) is 23.3. The van der Waals surface area contributed by atoms with Crippen LogP contribution in [0.1, 0.15) is 83.8 Å². The van der Waals surface area contributed by atoms with Gasteiger partial charge in [-0.3, -0.25) is 14.5 Å². The Hall–Kier alpha value is -2.68. The van der Waals surface area contributed by atoms with E-state index in [9.17, 15) is 14.4 Å². The van der Waals surface area contributed by atoms with E-state index in [0.717, 1.165) is 50.8 Å². The predicted molar refractivity (Wildman–Crippen MR) is 143 cm³/mol. The Bertz CT molecular complexity index is 1050. The number of halogens is 1. The first-order valence-electron chi connectivity index (χ1n) is 14.0. The highest BCUT2D eigenvalue weighted by Gasteiger charge is 2.52. The summed E-state index contributed by atoms with van der Waals surface area (Å²) in [5.41, 5.74) is 6.23. The second-order valence-electron chi connectivity index (χ2n) is 12.5. The van der Waals surface area contributed by atoms with Crippen LogP contribution in [-0.4, -0.2) is 70.6 Å². The number of carbonyl (C=O) groups excluding carboxylic acids is 3. The summed E-state index contributed by atoms with van der Waals surface area (Å²) in [5.74, 6) is -1.28. The van der Waals surface area contributed by atoms with Crippen LogP contribution in [0.15, 0.2) is 18.2 Å². The lowest BCUT2D eigenvalue weighted by Crippen LogP contribution is -2.57. The highest BCUT2D eigenvalue weighted by Crippen LogP contribution is 2.43. The Kier molecular flexibility index (Phi) is 8.35. The Labute approximate surface area is 225 Å². The van der Waals surface area contributed by atoms with Gasteiger partial charge in [-0.05, 0) is 109 Å². The summed E-state index contributed by atoms with van der Waals surface area (Å²) in [5, 5.41) is 2.72. The van der Waals surface area contributed by atoms with Gasteiger partial charge in [0.15, 0.2) is 0 Å². The van der Waals surface area contributed by atoms with Gasteiger partial charge in [-0.1, -0.05) is 12.1 Å². The van der Waals surface area contributed by atoms with Crippen molar-refractivity contribution in [2.24, 2.45) is 11.7 Å². The number of rotatable bonds is 7. The van der Waals surface area contributed by atoms with Gasteiger partial charge < -0.3 is 20.7 Å². The van der Waals surface area contributed by atoms with Crippen molar-refractivity contribution in [1.82, 2.24) is 15.1 Å². The summed E-state index contributed by atoms with van der Waals surface area (Å²) in [6.07, 6.45) is 3.76. The SMILES string of the molecule is CC(C)N1CCC(c2ccc(CC(NC(=O)C3C4CCC(C4)N3C(=O)OC(C)(C)C)C(N)=O)c(F)c2)CC1. The smallest absolute Gasteiger partial charge is 0.411 e. The molecule has 9 heteroatoms. The van der Waals surface area contributed by atoms with Crippen molar-refractivity contribution >= 4 is 17.9 Å². The van der Waals surface area contributed by atoms with E-state index in [-0.39, 0.29) is 18.4 Å². The zero-order chi connectivity index (χ0) is 27.8. The van der Waals surface area contributed by atoms with Crippen LogP contribution < -0.4 is 11.1 Å². The minimum Gasteiger partial charge on any atom is -0.444 e. The molecule has 3 fully saturated rings. The van der Waals surface area contributed by atoms with Crippen molar-refractivity contribution in [2.75, 3.05) is 13.1 Å². The van der Waals surface area contributed by atoms with Crippen LogP contribution in [0.25, 0.3) is 0 Å². The first-order valence-corrected chi connectivity index (χ1v) is 14.0. The molecule has 3 amide bonds. The number of likely N-dealkylation sites (tertiary alicyclic amines) is 2. The number of nitrogens with zero attached hydrogens (tertiary/aromatic N) is 2. The second kappa shape index (κ2) is 11.2. The van der Waals surface area contributed by atoms with Crippen LogP contribution in [0.4, 0.5) is 9.18 Å². The molecule has 1 saturated carbocycles. The zero-order valence-corrected chi connectivity index (χ0v) is 23.3. The Morgan fingerprint density at radius 3 is 2.39 bits per heavy atom. The van der Waals surface area contributed by atoms with E-state index in [0.29, 0.717) is 17.5 Å². The predicted octanol–water partition coefficient (Wildman–Crippen LogP) is 3.71. The van der Waals surface area contributed by atoms with E-state index in [1.807, 2.05) is 6.07 Å². The van der Waals surface area contributed by atoms with Crippen LogP contribution in [0.3, 0.4) is 0 Å². The number of nitrogens with one attached hydrogen (secondary N) is 1. The van der Waals surface area contributed by atoms with Crippen molar-refractivity contribution in [1.29, 1.82) is 0 Å². The first kappa shape index (κ1) is 28.3. The van der Waals surface area contributed by atoms with Crippen molar-refractivity contribution in [3.05, 3.63) is 35.1 Å². The molecule has 1 aliphatic carbocycles. The molecule has 2 saturated heterocycles. The third-order valence-corrected chi connectivity index (χ3v) is 8.35. The molecule has 3 aliphatic rings. The van der Waals surface area contributed by atoms with Crippen molar-refractivity contribution in [3.63, 3.8) is 0 Å². The standard InChI is InChI=1S/C29H43FN4O4/c1-17(2)33-12-10-18(11-13-33)19-6-7-20(23(30)15-19)16-24(26(31)35)32-27(36)25-21-8-9-22(14-21)34(25)28(37)38-29(3,4)5/h6-7,15,17-18,21-22,24-25H,8-14,16H2,1-5H3,(H2,31,35)(H,32,36). The lowest BCUT2D eigenvalue weighted by atomic mass is 9.88. The van der Waals surface area contributed by atoms with Gasteiger partial charge in [0.2, 0.25) is 11.8 Å². The molecule has 0 aromatic heterocycles. The number of piperidine rings is 2. The first-order chi connectivity index (χ1) is 17.8. The molecule has 0 radical (unpaired) electrons. The van der Waals surface area contributed by atoms with E-state index < -0.39 is 41.4 Å². The average molecular weight is 531 g/mol. The van der Waals surface area contributed by atoms with Crippen LogP contribution in [0, 0.1) is 11.7 Å². The lowest BCUT2D eigenvalue weighted by molar-refractivity contribution is -0.132. The molecule has 1 aromatic carbocycles. The number of nitrogens with two attached hydrogens (primary N) is 1. The molecule has 38 heavy (non-hydrogen) atoms. The summed E-state index contributed by atoms with van der Waals surface area (Å²) < 4.78 is 20.7. The minimum atomic E-state index is -1.09. The van der Waals surface area contributed by atoms with Crippen LogP contribution in [0.2, 0.25) is 0 Å². The van der Waals surface area contributed by atoms with Gasteiger partial charge in [-0.15, -0.1) is 0 Å². The maximum atomic E-state index is 15.2. The molecule has 2 heterocycles. The fourth-order valence-corrected chi connectivity index (χ4v) is 6.33. The summed E-state index contributed by atoms with van der Waals surface area (Å²) in [7, 11) is 0. The van der Waals surface area contributed by atoms with Gasteiger partial charge in [0.1, 0.15) is 23.5 Å². The Balaban J connectivity index is 1.42. The number of carbonyl (C=O) groups is 3. The number of primary amides is 1. The molecule has 2 bridgehead atoms. The average Bonchev–Trinajstić information content (AvgIpc) is 3.45. The topological polar surface area (TPSA) is 105 Å². The summed E-state index contributed by atoms with van der Waals surface area (Å²) >= 11 is 0. The van der Waals surface area contributed by atoms with Crippen LogP contribution >= 0.6 is 0 Å². The van der Waals surface area contributed by atoms with Gasteiger partial charge in [0.25, 0.3) is 0 Å². The number of hydrogen-bond donors (Lipinski definition) is 2. The molecule has 3 N–H and O–H groups in total. The van der Waals surface area contributed by atoms with E-state index in [1.165, 1.54) is 4.90 Å². The van der Waals surface area contributed by atoms with Gasteiger partial charge in [-0.2, -0.15) is 0 Å². The van der Waals surface area contributed by atoms with Gasteiger partial charge >= 0.3 is 6.09 Å². The minimum absolute atomic E-state index is 0.000761. The Morgan fingerprint density at radius 1 is 1.13 bits per heavy atom. The van der Waals surface area contributed by atoms with Gasteiger partial charge in [-0.25, -0.2) is 9.18 Å². The van der Waals surface area contributed by atoms with E-state index in [1.54, 1.807) is 32.9 Å². The highest BCUT2D eigenvalue weighted by molar-refractivity contribution is 5.91. The van der Waals surface area contributed by atoms with Gasteiger partial charge in [0.05, 0.1) is 0 Å². The molecule has 2 aliphatic heterocycles. The fraction of sp³-hybridized carbons (Fsp3) is 0.690. The Morgan fingerprint density at radius 2 is 1.82 bits per heavy atom. The maximum absolute atomic E-state index is 15.2. The molecule has 4 rings (SSSR count). The molecule has 4 atom stereocenters. The lowest BCUT2D eigenvalue weighted by Gasteiger charge is -2.36. The molecule has 4 unspecified atom stereocenters. The number of fused-ring (bicyclic) bond motifs is 2. The summed E-state index contributed by atoms with van der Waals surface area (Å²) in [6.45, 7) is 11.7. The van der Waals surface area contributed by atoms with E-state index in [2.05, 4.69) is 24.1 Å². The third kappa shape index (κ3) is 6.30. The second-order valence-corrected chi connectivity index (χ2v) is 12.5. The molecule has 1 aromatic rings. The van der Waals surface area contributed by atoms with Crippen molar-refractivity contribution in [2.45, 2.75) is 109 Å². The number of amides is 3. The molecule has 0 spiro atoms. The maximum Gasteiger partial charge on any atom is 0.411 e. The molecular weight excluding hydrogens is 487 g/mol. The normalized spacial score (nSPS) is 25.0. The summed E-state index contributed by atoms with van der Waals surface area (Å²) in [6, 6.07) is 3.82. The number of hydrogen-bond acceptors (Lipinski definition) is 5. The van der Waals surface area contributed by atoms with E-state index >= 15 is 4.39 Å². The van der Waals surface area contributed by atoms with Crippen molar-refractivity contribution < 1.29 is 23.5 Å². The fourth-order valence-electron chi connectivity index (χ4n) is 6.33. The quantitative estimate of drug-likeness (QED) is 0.559. The van der Waals surface area contributed by atoms with Crippen LogP contribution in [-0.2, 0) is 20.7 Å². The van der Waals surface area contributed by atoms with Crippen LogP contribution in [0.5, 0.6) is 0 Å². The largest absolute Gasteiger partial charge is 0.444 e. The summed E-state index contributed by atoms with van der Waals surface area (Å²) in [4.78, 5) is 42.5. The molecule has 8 nitrogen and oxygen atoms in total. The van der Waals surface area contributed by atoms with E-state index in [4.69, 9.17) is 10.5 Å². The third-order valence-electron chi connectivity index (χ3n) is 8.35.